The highest BCUT2D eigenvalue weighted by Crippen LogP contribution is 2.43. The second kappa shape index (κ2) is 13.3. The molecule has 2 aliphatic heterocycles. The van der Waals surface area contributed by atoms with Gasteiger partial charge in [0.25, 0.3) is 0 Å². The molecule has 0 unspecified atom stereocenters. The molecule has 2 aliphatic rings. The molecule has 246 valence electrons. The fourth-order valence-corrected chi connectivity index (χ4v) is 5.06. The molecule has 0 aliphatic carbocycles. The molecule has 0 radical (unpaired) electrons. The normalized spacial score (nSPS) is 30.2. The van der Waals surface area contributed by atoms with Crippen molar-refractivity contribution in [3.8, 4) is 40.1 Å². The first kappa shape index (κ1) is 32.7. The summed E-state index contributed by atoms with van der Waals surface area (Å²) < 4.78 is 44.1. The average molecular weight is 639 g/mol. The van der Waals surface area contributed by atoms with Crippen LogP contribution in [0.4, 0.5) is 0 Å². The number of rotatable bonds is 9. The molecule has 9 atom stereocenters. The molecule has 2 saturated heterocycles. The lowest BCUT2D eigenvalue weighted by Crippen LogP contribution is -2.62. The van der Waals surface area contributed by atoms with Crippen molar-refractivity contribution in [1.82, 2.24) is 0 Å². The average Bonchev–Trinajstić information content (AvgIpc) is 3.05. The first-order chi connectivity index (χ1) is 21.5. The fraction of sp³-hybridized carbons (Fsp3) is 0.483. The molecule has 2 fully saturated rings. The van der Waals surface area contributed by atoms with Gasteiger partial charge in [0.2, 0.25) is 23.2 Å². The summed E-state index contributed by atoms with van der Waals surface area (Å²) >= 11 is 0. The molecule has 2 aromatic carbocycles. The van der Waals surface area contributed by atoms with E-state index in [1.807, 2.05) is 0 Å². The lowest BCUT2D eigenvalue weighted by molar-refractivity contribution is -0.338. The molecule has 0 amide bonds. The summed E-state index contributed by atoms with van der Waals surface area (Å²) in [5.74, 6) is -0.529. The van der Waals surface area contributed by atoms with E-state index in [-0.39, 0.29) is 39.5 Å². The molecule has 5 rings (SSSR count). The van der Waals surface area contributed by atoms with Crippen LogP contribution in [0.1, 0.15) is 0 Å². The Morgan fingerprint density at radius 1 is 0.844 bits per heavy atom. The number of phenols is 1. The molecule has 16 heteroatoms. The van der Waals surface area contributed by atoms with E-state index in [9.17, 15) is 40.5 Å². The summed E-state index contributed by atoms with van der Waals surface area (Å²) in [7, 11) is 4.07. The molecule has 7 N–H and O–H groups in total. The van der Waals surface area contributed by atoms with Gasteiger partial charge < -0.3 is 73.3 Å². The van der Waals surface area contributed by atoms with Gasteiger partial charge in [-0.1, -0.05) is 0 Å². The standard InChI is InChI=1S/C29H34O16/c1-38-12-4-5-13-14(8-12)42-26(11-6-15(39-2)20(32)16(7-11)40-3)27(19(13)31)45-28-24(36)22(34)18(10-41-28)44-29-25(37)23(35)21(33)17(9-30)43-29/h4-8,17-18,21-25,28-30,32-37H,9-10H2,1-3H3/t17-,18+,21+,22+,23+,24+,25-,28+,29+/m1/s1. The third kappa shape index (κ3) is 6.11. The maximum absolute atomic E-state index is 13.8. The summed E-state index contributed by atoms with van der Waals surface area (Å²) in [6, 6.07) is 7.20. The summed E-state index contributed by atoms with van der Waals surface area (Å²) in [5.41, 5.74) is -0.385. The van der Waals surface area contributed by atoms with E-state index in [4.69, 9.17) is 37.6 Å². The second-order valence-corrected chi connectivity index (χ2v) is 10.4. The van der Waals surface area contributed by atoms with Gasteiger partial charge in [0.15, 0.2) is 23.5 Å². The second-order valence-electron chi connectivity index (χ2n) is 10.4. The van der Waals surface area contributed by atoms with E-state index in [0.717, 1.165) is 0 Å². The Hall–Kier alpha value is -3.71. The molecule has 0 spiro atoms. The van der Waals surface area contributed by atoms with Crippen LogP contribution in [0.5, 0.6) is 28.7 Å². The first-order valence-electron chi connectivity index (χ1n) is 13.7. The number of aliphatic hydroxyl groups excluding tert-OH is 6. The minimum Gasteiger partial charge on any atom is -0.502 e. The number of hydrogen-bond acceptors (Lipinski definition) is 16. The fourth-order valence-electron chi connectivity index (χ4n) is 5.06. The van der Waals surface area contributed by atoms with Crippen molar-refractivity contribution in [2.24, 2.45) is 0 Å². The van der Waals surface area contributed by atoms with Gasteiger partial charge in [-0.25, -0.2) is 0 Å². The smallest absolute Gasteiger partial charge is 0.235 e. The lowest BCUT2D eigenvalue weighted by atomic mass is 9.99. The minimum atomic E-state index is -1.84. The van der Waals surface area contributed by atoms with Crippen LogP contribution in [-0.4, -0.2) is 126 Å². The van der Waals surface area contributed by atoms with Gasteiger partial charge in [-0.05, 0) is 24.3 Å². The van der Waals surface area contributed by atoms with Crippen LogP contribution in [0.25, 0.3) is 22.3 Å². The van der Waals surface area contributed by atoms with Crippen molar-refractivity contribution >= 4 is 11.0 Å². The number of hydrogen-bond donors (Lipinski definition) is 7. The monoisotopic (exact) mass is 638 g/mol. The van der Waals surface area contributed by atoms with E-state index in [1.54, 1.807) is 0 Å². The van der Waals surface area contributed by atoms with Gasteiger partial charge >= 0.3 is 0 Å². The highest BCUT2D eigenvalue weighted by molar-refractivity contribution is 5.84. The molecule has 0 bridgehead atoms. The van der Waals surface area contributed by atoms with Crippen LogP contribution in [0.3, 0.4) is 0 Å². The molecule has 0 saturated carbocycles. The number of aliphatic hydroxyl groups is 6. The largest absolute Gasteiger partial charge is 0.502 e. The number of ether oxygens (including phenoxy) is 7. The number of methoxy groups -OCH3 is 3. The van der Waals surface area contributed by atoms with Gasteiger partial charge in [-0.3, -0.25) is 4.79 Å². The molecule has 1 aromatic heterocycles. The molecule has 16 nitrogen and oxygen atoms in total. The Kier molecular flexibility index (Phi) is 9.68. The van der Waals surface area contributed by atoms with Crippen LogP contribution < -0.4 is 24.4 Å². The quantitative estimate of drug-likeness (QED) is 0.146. The predicted octanol–water partition coefficient (Wildman–Crippen LogP) is -1.17. The van der Waals surface area contributed by atoms with E-state index >= 15 is 0 Å². The van der Waals surface area contributed by atoms with Crippen LogP contribution in [-0.2, 0) is 14.2 Å². The molecular formula is C29H34O16. The van der Waals surface area contributed by atoms with Crippen molar-refractivity contribution in [3.63, 3.8) is 0 Å². The van der Waals surface area contributed by atoms with E-state index in [0.29, 0.717) is 5.75 Å². The lowest BCUT2D eigenvalue weighted by Gasteiger charge is -2.43. The molecule has 3 aromatic rings. The topological polar surface area (TPSA) is 236 Å². The Morgan fingerprint density at radius 2 is 1.51 bits per heavy atom. The summed E-state index contributed by atoms with van der Waals surface area (Å²) in [5, 5.41) is 72.1. The number of aromatic hydroxyl groups is 1. The molecule has 3 heterocycles. The summed E-state index contributed by atoms with van der Waals surface area (Å²) in [6.45, 7) is -1.15. The van der Waals surface area contributed by atoms with Crippen LogP contribution in [0, 0.1) is 0 Å². The van der Waals surface area contributed by atoms with Gasteiger partial charge in [0, 0.05) is 11.6 Å². The SMILES string of the molecule is COc1ccc2c(=O)c(O[C@@H]3OC[C@H](O[C@@H]4O[C@H](CO)[C@H](O)[C@H](O)[C@H]4O)[C@H](O)[C@@H]3O)c(-c3cc(OC)c(O)c(OC)c3)oc2c1. The molecular weight excluding hydrogens is 604 g/mol. The van der Waals surface area contributed by atoms with Crippen molar-refractivity contribution in [2.75, 3.05) is 34.5 Å². The Morgan fingerprint density at radius 3 is 2.13 bits per heavy atom. The number of phenolic OH excluding ortho intramolecular Hbond substituents is 1. The number of fused-ring (bicyclic) bond motifs is 1. The Bertz CT molecular complexity index is 1530. The van der Waals surface area contributed by atoms with Gasteiger partial charge in [-0.2, -0.15) is 0 Å². The van der Waals surface area contributed by atoms with E-state index in [1.165, 1.54) is 51.7 Å². The Balaban J connectivity index is 1.47. The van der Waals surface area contributed by atoms with Crippen molar-refractivity contribution < 1.29 is 73.3 Å². The van der Waals surface area contributed by atoms with E-state index < -0.39 is 79.7 Å². The summed E-state index contributed by atoms with van der Waals surface area (Å²) in [6.07, 6.45) is -14.5. The third-order valence-electron chi connectivity index (χ3n) is 7.63. The van der Waals surface area contributed by atoms with Crippen molar-refractivity contribution in [2.45, 2.75) is 55.3 Å². The van der Waals surface area contributed by atoms with Crippen LogP contribution >= 0.6 is 0 Å². The minimum absolute atomic E-state index is 0.0127. The van der Waals surface area contributed by atoms with Gasteiger partial charge in [0.05, 0.1) is 39.9 Å². The predicted molar refractivity (Wildman–Crippen MR) is 150 cm³/mol. The van der Waals surface area contributed by atoms with Crippen molar-refractivity contribution in [3.05, 3.63) is 40.6 Å². The van der Waals surface area contributed by atoms with E-state index in [2.05, 4.69) is 0 Å². The maximum atomic E-state index is 13.8. The highest BCUT2D eigenvalue weighted by Gasteiger charge is 2.48. The zero-order chi connectivity index (χ0) is 32.6. The van der Waals surface area contributed by atoms with Crippen LogP contribution in [0.15, 0.2) is 39.5 Å². The first-order valence-corrected chi connectivity index (χ1v) is 13.7. The van der Waals surface area contributed by atoms with Crippen molar-refractivity contribution in [1.29, 1.82) is 0 Å². The third-order valence-corrected chi connectivity index (χ3v) is 7.63. The van der Waals surface area contributed by atoms with Gasteiger partial charge in [0.1, 0.15) is 54.1 Å². The zero-order valence-electron chi connectivity index (χ0n) is 24.3. The Labute approximate surface area is 255 Å². The van der Waals surface area contributed by atoms with Crippen LogP contribution in [0.2, 0.25) is 0 Å². The maximum Gasteiger partial charge on any atom is 0.235 e. The zero-order valence-corrected chi connectivity index (χ0v) is 24.3. The highest BCUT2D eigenvalue weighted by atomic mass is 16.7. The van der Waals surface area contributed by atoms with Gasteiger partial charge in [-0.15, -0.1) is 0 Å². The molecule has 45 heavy (non-hydrogen) atoms. The number of benzene rings is 2. The summed E-state index contributed by atoms with van der Waals surface area (Å²) in [4.78, 5) is 13.8.